The summed E-state index contributed by atoms with van der Waals surface area (Å²) in [6, 6.07) is 3.46. The van der Waals surface area contributed by atoms with Crippen molar-refractivity contribution < 1.29 is 23.8 Å². The second kappa shape index (κ2) is 6.44. The maximum Gasteiger partial charge on any atom is 0.321 e. The number of hydrogen-bond acceptors (Lipinski definition) is 3. The monoisotopic (exact) mass is 324 g/mol. The zero-order valence-corrected chi connectivity index (χ0v) is 13.4. The van der Waals surface area contributed by atoms with Gasteiger partial charge in [-0.15, -0.1) is 0 Å². The molecular weight excluding hydrogens is 303 g/mol. The van der Waals surface area contributed by atoms with Crippen molar-refractivity contribution in [2.45, 2.75) is 32.8 Å². The summed E-state index contributed by atoms with van der Waals surface area (Å²) in [7, 11) is 0. The van der Waals surface area contributed by atoms with Crippen molar-refractivity contribution in [1.29, 1.82) is 0 Å². The Morgan fingerprint density at radius 1 is 1.39 bits per heavy atom. The first-order valence-corrected chi connectivity index (χ1v) is 7.43. The van der Waals surface area contributed by atoms with Crippen LogP contribution in [0.25, 0.3) is 0 Å². The van der Waals surface area contributed by atoms with Crippen LogP contribution in [0.15, 0.2) is 18.2 Å². The predicted molar refractivity (Wildman–Crippen MR) is 83.1 cm³/mol. The fourth-order valence-corrected chi connectivity index (χ4v) is 2.35. The molecule has 1 saturated heterocycles. The fourth-order valence-electron chi connectivity index (χ4n) is 2.35. The molecule has 1 unspecified atom stereocenters. The highest BCUT2D eigenvalue weighted by Crippen LogP contribution is 2.29. The van der Waals surface area contributed by atoms with Crippen molar-refractivity contribution in [3.8, 4) is 5.75 Å². The molecule has 7 heteroatoms. The van der Waals surface area contributed by atoms with E-state index in [4.69, 9.17) is 9.84 Å². The van der Waals surface area contributed by atoms with Gasteiger partial charge in [0.15, 0.2) is 0 Å². The Labute approximate surface area is 134 Å². The minimum absolute atomic E-state index is 0.165. The zero-order chi connectivity index (χ0) is 17.2. The van der Waals surface area contributed by atoms with Gasteiger partial charge in [-0.1, -0.05) is 0 Å². The summed E-state index contributed by atoms with van der Waals surface area (Å²) in [5.41, 5.74) is -0.194. The zero-order valence-electron chi connectivity index (χ0n) is 13.4. The quantitative estimate of drug-likeness (QED) is 0.896. The van der Waals surface area contributed by atoms with Gasteiger partial charge in [0.2, 0.25) is 0 Å². The summed E-state index contributed by atoms with van der Waals surface area (Å²) in [4.78, 5) is 24.6. The molecule has 2 rings (SSSR count). The molecule has 1 aliphatic heterocycles. The first-order chi connectivity index (χ1) is 10.7. The summed E-state index contributed by atoms with van der Waals surface area (Å²) in [6.07, 6.45) is 0.428. The van der Waals surface area contributed by atoms with Crippen LogP contribution in [0.5, 0.6) is 5.75 Å². The lowest BCUT2D eigenvalue weighted by Gasteiger charge is -2.24. The number of carbonyl (C=O) groups is 2. The molecule has 2 amide bonds. The van der Waals surface area contributed by atoms with Crippen molar-refractivity contribution in [3.63, 3.8) is 0 Å². The van der Waals surface area contributed by atoms with Crippen molar-refractivity contribution in [1.82, 2.24) is 4.90 Å². The van der Waals surface area contributed by atoms with E-state index >= 15 is 0 Å². The number of rotatable bonds is 3. The second-order valence-corrected chi connectivity index (χ2v) is 6.55. The highest BCUT2D eigenvalue weighted by atomic mass is 19.1. The number of carbonyl (C=O) groups excluding carboxylic acids is 1. The third kappa shape index (κ3) is 4.58. The van der Waals surface area contributed by atoms with E-state index < -0.39 is 29.3 Å². The number of amides is 2. The van der Waals surface area contributed by atoms with Crippen LogP contribution in [0.3, 0.4) is 0 Å². The molecule has 6 nitrogen and oxygen atoms in total. The van der Waals surface area contributed by atoms with Crippen LogP contribution in [0, 0.1) is 11.7 Å². The smallest absolute Gasteiger partial charge is 0.321 e. The molecule has 0 aromatic heterocycles. The number of likely N-dealkylation sites (tertiary alicyclic amines) is 1. The number of ether oxygens (including phenoxy) is 1. The number of benzene rings is 1. The first-order valence-electron chi connectivity index (χ1n) is 7.43. The number of carboxylic acid groups (broad SMARTS) is 1. The van der Waals surface area contributed by atoms with E-state index in [1.165, 1.54) is 23.1 Å². The molecule has 1 aromatic rings. The lowest BCUT2D eigenvalue weighted by atomic mass is 10.1. The third-order valence-corrected chi connectivity index (χ3v) is 3.43. The molecule has 0 aliphatic carbocycles. The fraction of sp³-hybridized carbons (Fsp3) is 0.500. The van der Waals surface area contributed by atoms with E-state index in [0.717, 1.165) is 0 Å². The highest BCUT2D eigenvalue weighted by Gasteiger charge is 2.31. The molecule has 0 spiro atoms. The Hall–Kier alpha value is -2.31. The lowest BCUT2D eigenvalue weighted by Crippen LogP contribution is -2.34. The van der Waals surface area contributed by atoms with Crippen molar-refractivity contribution in [2.24, 2.45) is 5.92 Å². The van der Waals surface area contributed by atoms with Crippen LogP contribution in [0.2, 0.25) is 0 Å². The van der Waals surface area contributed by atoms with Gasteiger partial charge in [-0.25, -0.2) is 9.18 Å². The normalized spacial score (nSPS) is 17.9. The average molecular weight is 324 g/mol. The highest BCUT2D eigenvalue weighted by molar-refractivity contribution is 5.91. The minimum Gasteiger partial charge on any atom is -0.486 e. The topological polar surface area (TPSA) is 78.9 Å². The van der Waals surface area contributed by atoms with E-state index in [-0.39, 0.29) is 12.3 Å². The van der Waals surface area contributed by atoms with Gasteiger partial charge in [0.1, 0.15) is 17.2 Å². The molecule has 1 aromatic carbocycles. The van der Waals surface area contributed by atoms with Crippen molar-refractivity contribution in [3.05, 3.63) is 24.0 Å². The maximum atomic E-state index is 13.4. The third-order valence-electron chi connectivity index (χ3n) is 3.43. The van der Waals surface area contributed by atoms with Crippen LogP contribution >= 0.6 is 0 Å². The Balaban J connectivity index is 2.10. The summed E-state index contributed by atoms with van der Waals surface area (Å²) in [5, 5.41) is 11.6. The number of urea groups is 1. The molecule has 2 N–H and O–H groups in total. The SMILES string of the molecule is CC(C)(C)Oc1cc(F)ccc1NC(=O)N1CCC(C(=O)O)C1. The van der Waals surface area contributed by atoms with Gasteiger partial charge in [0.25, 0.3) is 0 Å². The molecule has 23 heavy (non-hydrogen) atoms. The minimum atomic E-state index is -0.904. The molecule has 1 atom stereocenters. The molecule has 1 heterocycles. The standard InChI is InChI=1S/C16H21FN2O4/c1-16(2,3)23-13-8-11(17)4-5-12(13)18-15(22)19-7-6-10(9-19)14(20)21/h4-5,8,10H,6-7,9H2,1-3H3,(H,18,22)(H,20,21). The van der Waals surface area contributed by atoms with Crippen LogP contribution in [-0.4, -0.2) is 40.7 Å². The van der Waals surface area contributed by atoms with Gasteiger partial charge in [0, 0.05) is 19.2 Å². The average Bonchev–Trinajstić information content (AvgIpc) is 2.90. The molecule has 1 aliphatic rings. The van der Waals surface area contributed by atoms with Gasteiger partial charge in [0.05, 0.1) is 11.6 Å². The van der Waals surface area contributed by atoms with Gasteiger partial charge in [-0.05, 0) is 39.3 Å². The Kier molecular flexibility index (Phi) is 4.77. The van der Waals surface area contributed by atoms with Crippen molar-refractivity contribution >= 4 is 17.7 Å². The molecule has 0 bridgehead atoms. The molecule has 126 valence electrons. The molecular formula is C16H21FN2O4. The van der Waals surface area contributed by atoms with Crippen LogP contribution in [0.4, 0.5) is 14.9 Å². The maximum absolute atomic E-state index is 13.4. The summed E-state index contributed by atoms with van der Waals surface area (Å²) < 4.78 is 19.1. The molecule has 0 saturated carbocycles. The Bertz CT molecular complexity index is 613. The van der Waals surface area contributed by atoms with Gasteiger partial charge in [-0.3, -0.25) is 4.79 Å². The lowest BCUT2D eigenvalue weighted by molar-refractivity contribution is -0.141. The van der Waals surface area contributed by atoms with Crippen LogP contribution < -0.4 is 10.1 Å². The van der Waals surface area contributed by atoms with E-state index in [0.29, 0.717) is 18.7 Å². The Morgan fingerprint density at radius 3 is 2.65 bits per heavy atom. The van der Waals surface area contributed by atoms with E-state index in [1.54, 1.807) is 0 Å². The summed E-state index contributed by atoms with van der Waals surface area (Å²) in [6.45, 7) is 6.00. The van der Waals surface area contributed by atoms with Gasteiger partial charge >= 0.3 is 12.0 Å². The summed E-state index contributed by atoms with van der Waals surface area (Å²) in [5.74, 6) is -1.67. The van der Waals surface area contributed by atoms with Gasteiger partial charge < -0.3 is 20.1 Å². The summed E-state index contributed by atoms with van der Waals surface area (Å²) >= 11 is 0. The van der Waals surface area contributed by atoms with Crippen molar-refractivity contribution in [2.75, 3.05) is 18.4 Å². The Morgan fingerprint density at radius 2 is 2.09 bits per heavy atom. The predicted octanol–water partition coefficient (Wildman–Crippen LogP) is 2.94. The first kappa shape index (κ1) is 17.1. The van der Waals surface area contributed by atoms with Crippen LogP contribution in [-0.2, 0) is 4.79 Å². The van der Waals surface area contributed by atoms with E-state index in [9.17, 15) is 14.0 Å². The second-order valence-electron chi connectivity index (χ2n) is 6.55. The van der Waals surface area contributed by atoms with E-state index in [1.807, 2.05) is 20.8 Å². The largest absolute Gasteiger partial charge is 0.486 e. The van der Waals surface area contributed by atoms with E-state index in [2.05, 4.69) is 5.32 Å². The number of carboxylic acids is 1. The number of halogens is 1. The number of nitrogens with one attached hydrogen (secondary N) is 1. The molecule has 1 fully saturated rings. The number of aliphatic carboxylic acids is 1. The molecule has 0 radical (unpaired) electrons. The number of anilines is 1. The number of hydrogen-bond donors (Lipinski definition) is 2. The van der Waals surface area contributed by atoms with Crippen LogP contribution in [0.1, 0.15) is 27.2 Å². The number of nitrogens with zero attached hydrogens (tertiary/aromatic N) is 1. The van der Waals surface area contributed by atoms with Gasteiger partial charge in [-0.2, -0.15) is 0 Å².